The molecule has 1 heterocycles. The van der Waals surface area contributed by atoms with Crippen molar-refractivity contribution in [2.75, 3.05) is 25.1 Å². The molecule has 0 radical (unpaired) electrons. The lowest BCUT2D eigenvalue weighted by Crippen LogP contribution is -2.45. The molecular formula is C17H24N2O4. The van der Waals surface area contributed by atoms with E-state index in [2.05, 4.69) is 4.90 Å². The van der Waals surface area contributed by atoms with Gasteiger partial charge in [0.25, 0.3) is 5.69 Å². The number of piperidine rings is 1. The number of nitrogens with zero attached hydrogens (tertiary/aromatic N) is 2. The maximum absolute atomic E-state index is 12.0. The van der Waals surface area contributed by atoms with Crippen LogP contribution in [0, 0.1) is 28.4 Å². The Morgan fingerprint density at radius 2 is 2.13 bits per heavy atom. The third kappa shape index (κ3) is 3.46. The molecular weight excluding hydrogens is 296 g/mol. The quantitative estimate of drug-likeness (QED) is 0.483. The van der Waals surface area contributed by atoms with Gasteiger partial charge in [-0.1, -0.05) is 0 Å². The molecule has 0 spiro atoms. The second-order valence-electron chi connectivity index (χ2n) is 6.73. The molecule has 1 aromatic rings. The molecule has 6 heteroatoms. The number of benzene rings is 1. The van der Waals surface area contributed by atoms with Gasteiger partial charge in [-0.25, -0.2) is 0 Å². The van der Waals surface area contributed by atoms with Crippen molar-refractivity contribution in [1.29, 1.82) is 0 Å². The zero-order valence-corrected chi connectivity index (χ0v) is 14.2. The summed E-state index contributed by atoms with van der Waals surface area (Å²) >= 11 is 0. The second-order valence-corrected chi connectivity index (χ2v) is 6.73. The van der Waals surface area contributed by atoms with Gasteiger partial charge in [-0.05, 0) is 51.7 Å². The Hall–Kier alpha value is -2.11. The zero-order valence-electron chi connectivity index (χ0n) is 14.2. The third-order valence-electron chi connectivity index (χ3n) is 4.90. The molecule has 0 aliphatic carbocycles. The van der Waals surface area contributed by atoms with Gasteiger partial charge in [-0.2, -0.15) is 0 Å². The Morgan fingerprint density at radius 3 is 2.70 bits per heavy atom. The van der Waals surface area contributed by atoms with E-state index in [1.807, 2.05) is 19.9 Å². The maximum Gasteiger partial charge on any atom is 0.311 e. The smallest absolute Gasteiger partial charge is 0.311 e. The first-order chi connectivity index (χ1) is 10.8. The van der Waals surface area contributed by atoms with Crippen molar-refractivity contribution >= 4 is 17.3 Å². The number of aryl methyl sites for hydroxylation is 1. The number of hydrogen-bond donors (Lipinski definition) is 0. The van der Waals surface area contributed by atoms with Crippen LogP contribution in [0.15, 0.2) is 18.2 Å². The highest BCUT2D eigenvalue weighted by Gasteiger charge is 2.40. The summed E-state index contributed by atoms with van der Waals surface area (Å²) in [5.74, 6) is 0.00317. The molecule has 1 unspecified atom stereocenters. The van der Waals surface area contributed by atoms with Gasteiger partial charge in [0.2, 0.25) is 0 Å². The molecule has 126 valence electrons. The first-order valence-corrected chi connectivity index (χ1v) is 7.85. The van der Waals surface area contributed by atoms with E-state index < -0.39 is 5.41 Å². The summed E-state index contributed by atoms with van der Waals surface area (Å²) in [5.41, 5.74) is 1.22. The van der Waals surface area contributed by atoms with Crippen LogP contribution in [0.3, 0.4) is 0 Å². The van der Waals surface area contributed by atoms with E-state index in [4.69, 9.17) is 4.74 Å². The fourth-order valence-electron chi connectivity index (χ4n) is 3.27. The van der Waals surface area contributed by atoms with Crippen LogP contribution in [0.4, 0.5) is 11.4 Å². The van der Waals surface area contributed by atoms with E-state index in [-0.39, 0.29) is 22.5 Å². The monoisotopic (exact) mass is 320 g/mol. The molecule has 0 aromatic heterocycles. The maximum atomic E-state index is 12.0. The van der Waals surface area contributed by atoms with Crippen LogP contribution < -0.4 is 4.90 Å². The lowest BCUT2D eigenvalue weighted by Gasteiger charge is -2.40. The summed E-state index contributed by atoms with van der Waals surface area (Å²) in [4.78, 5) is 24.8. The normalized spacial score (nSPS) is 18.6. The molecule has 0 bridgehead atoms. The molecule has 1 aliphatic heterocycles. The molecule has 1 saturated heterocycles. The van der Waals surface area contributed by atoms with E-state index in [0.29, 0.717) is 5.56 Å². The van der Waals surface area contributed by atoms with E-state index in [1.165, 1.54) is 7.11 Å². The molecule has 2 rings (SSSR count). The van der Waals surface area contributed by atoms with Crippen molar-refractivity contribution in [2.45, 2.75) is 33.6 Å². The third-order valence-corrected chi connectivity index (χ3v) is 4.90. The highest BCUT2D eigenvalue weighted by atomic mass is 16.6. The largest absolute Gasteiger partial charge is 0.469 e. The SMILES string of the molecule is COC(=O)C(C)(C)C1CCCN(c2ccc([N+](=O)[O-])c(C)c2)C1. The lowest BCUT2D eigenvalue weighted by atomic mass is 9.74. The minimum atomic E-state index is -0.538. The van der Waals surface area contributed by atoms with Crippen LogP contribution >= 0.6 is 0 Å². The summed E-state index contributed by atoms with van der Waals surface area (Å²) in [6, 6.07) is 5.20. The van der Waals surface area contributed by atoms with Crippen LogP contribution in [0.1, 0.15) is 32.3 Å². The topological polar surface area (TPSA) is 72.7 Å². The molecule has 1 fully saturated rings. The van der Waals surface area contributed by atoms with Crippen molar-refractivity contribution in [1.82, 2.24) is 0 Å². The van der Waals surface area contributed by atoms with Crippen LogP contribution in [-0.2, 0) is 9.53 Å². The summed E-state index contributed by atoms with van der Waals surface area (Å²) < 4.78 is 4.94. The molecule has 1 atom stereocenters. The zero-order chi connectivity index (χ0) is 17.2. The van der Waals surface area contributed by atoms with Crippen molar-refractivity contribution in [3.63, 3.8) is 0 Å². The number of anilines is 1. The number of carbonyl (C=O) groups excluding carboxylic acids is 1. The Balaban J connectivity index is 2.20. The standard InChI is InChI=1S/C17H24N2O4/c1-12-10-14(7-8-15(12)19(21)22)18-9-5-6-13(11-18)17(2,3)16(20)23-4/h7-8,10,13H,5-6,9,11H2,1-4H3. The molecule has 6 nitrogen and oxygen atoms in total. The Bertz CT molecular complexity index is 613. The van der Waals surface area contributed by atoms with E-state index in [1.54, 1.807) is 19.1 Å². The summed E-state index contributed by atoms with van der Waals surface area (Å²) in [6.45, 7) is 7.24. The fourth-order valence-corrected chi connectivity index (χ4v) is 3.27. The number of methoxy groups -OCH3 is 1. The van der Waals surface area contributed by atoms with Crippen molar-refractivity contribution < 1.29 is 14.5 Å². The Labute approximate surface area is 136 Å². The second kappa shape index (κ2) is 6.56. The molecule has 0 saturated carbocycles. The van der Waals surface area contributed by atoms with Gasteiger partial charge in [0.1, 0.15) is 0 Å². The number of esters is 1. The average Bonchev–Trinajstić information content (AvgIpc) is 2.53. The van der Waals surface area contributed by atoms with Crippen LogP contribution in [0.25, 0.3) is 0 Å². The van der Waals surface area contributed by atoms with Gasteiger partial charge < -0.3 is 9.64 Å². The van der Waals surface area contributed by atoms with E-state index in [9.17, 15) is 14.9 Å². The van der Waals surface area contributed by atoms with Crippen LogP contribution in [0.5, 0.6) is 0 Å². The minimum Gasteiger partial charge on any atom is -0.469 e. The predicted molar refractivity (Wildman–Crippen MR) is 88.6 cm³/mol. The first kappa shape index (κ1) is 17.2. The number of nitro groups is 1. The number of ether oxygens (including phenoxy) is 1. The summed E-state index contributed by atoms with van der Waals surface area (Å²) in [5, 5.41) is 10.9. The van der Waals surface area contributed by atoms with E-state index >= 15 is 0 Å². The lowest BCUT2D eigenvalue weighted by molar-refractivity contribution is -0.385. The van der Waals surface area contributed by atoms with Gasteiger partial charge in [0.15, 0.2) is 0 Å². The van der Waals surface area contributed by atoms with Gasteiger partial charge in [0.05, 0.1) is 17.4 Å². The van der Waals surface area contributed by atoms with Crippen molar-refractivity contribution in [3.8, 4) is 0 Å². The Kier molecular flexibility index (Phi) is 4.92. The minimum absolute atomic E-state index is 0.136. The Morgan fingerprint density at radius 1 is 1.43 bits per heavy atom. The van der Waals surface area contributed by atoms with Gasteiger partial charge >= 0.3 is 5.97 Å². The molecule has 0 N–H and O–H groups in total. The number of carbonyl (C=O) groups is 1. The molecule has 23 heavy (non-hydrogen) atoms. The van der Waals surface area contributed by atoms with Gasteiger partial charge in [-0.3, -0.25) is 14.9 Å². The molecule has 1 aromatic carbocycles. The van der Waals surface area contributed by atoms with Crippen molar-refractivity contribution in [2.24, 2.45) is 11.3 Å². The first-order valence-electron chi connectivity index (χ1n) is 7.85. The van der Waals surface area contributed by atoms with E-state index in [0.717, 1.165) is 31.6 Å². The fraction of sp³-hybridized carbons (Fsp3) is 0.588. The summed E-state index contributed by atoms with van der Waals surface area (Å²) in [7, 11) is 1.42. The number of nitro benzene ring substituents is 1. The molecule has 1 aliphatic rings. The summed E-state index contributed by atoms with van der Waals surface area (Å²) in [6.07, 6.45) is 1.96. The highest BCUT2D eigenvalue weighted by Crippen LogP contribution is 2.37. The van der Waals surface area contributed by atoms with Crippen LogP contribution in [0.2, 0.25) is 0 Å². The van der Waals surface area contributed by atoms with Gasteiger partial charge in [0, 0.05) is 30.4 Å². The highest BCUT2D eigenvalue weighted by molar-refractivity contribution is 5.76. The van der Waals surface area contributed by atoms with Crippen molar-refractivity contribution in [3.05, 3.63) is 33.9 Å². The molecule has 0 amide bonds. The average molecular weight is 320 g/mol. The van der Waals surface area contributed by atoms with Crippen LogP contribution in [-0.4, -0.2) is 31.1 Å². The number of rotatable bonds is 4. The van der Waals surface area contributed by atoms with Gasteiger partial charge in [-0.15, -0.1) is 0 Å². The predicted octanol–water partition coefficient (Wildman–Crippen LogP) is 3.32. The number of hydrogen-bond acceptors (Lipinski definition) is 5.